The summed E-state index contributed by atoms with van der Waals surface area (Å²) in [4.78, 5) is 25.2. The van der Waals surface area contributed by atoms with Crippen LogP contribution >= 0.6 is 11.3 Å². The number of nitrogens with zero attached hydrogens (tertiary/aromatic N) is 2. The van der Waals surface area contributed by atoms with Crippen LogP contribution in [0.4, 0.5) is 0 Å². The molecule has 0 spiro atoms. The zero-order valence-corrected chi connectivity index (χ0v) is 19.2. The summed E-state index contributed by atoms with van der Waals surface area (Å²) >= 11 is 1.58. The number of carbonyl (C=O) groups excluding carboxylic acids is 2. The molecule has 3 aromatic rings. The van der Waals surface area contributed by atoms with Crippen molar-refractivity contribution in [1.29, 1.82) is 0 Å². The summed E-state index contributed by atoms with van der Waals surface area (Å²) in [7, 11) is 0. The number of rotatable bonds is 9. The van der Waals surface area contributed by atoms with Crippen LogP contribution in [0.15, 0.2) is 71.8 Å². The summed E-state index contributed by atoms with van der Waals surface area (Å²) in [6.45, 7) is 0.282. The minimum Gasteiger partial charge on any atom is -0.452 e. The van der Waals surface area contributed by atoms with Gasteiger partial charge >= 0.3 is 5.97 Å². The number of para-hydroxylation sites is 1. The number of amides is 1. The van der Waals surface area contributed by atoms with Crippen molar-refractivity contribution in [2.75, 3.05) is 13.2 Å². The molecule has 33 heavy (non-hydrogen) atoms. The molecule has 1 amide bonds. The first-order valence-electron chi connectivity index (χ1n) is 11.2. The van der Waals surface area contributed by atoms with E-state index in [1.54, 1.807) is 22.1 Å². The Morgan fingerprint density at radius 1 is 1.15 bits per heavy atom. The van der Waals surface area contributed by atoms with Gasteiger partial charge in [-0.3, -0.25) is 4.79 Å². The molecule has 2 heterocycles. The Morgan fingerprint density at radius 3 is 2.79 bits per heavy atom. The number of allylic oxidation sites excluding steroid dienone is 1. The van der Waals surface area contributed by atoms with Crippen LogP contribution < -0.4 is 5.32 Å². The Balaban J connectivity index is 1.33. The molecule has 4 rings (SSSR count). The fourth-order valence-electron chi connectivity index (χ4n) is 3.71. The lowest BCUT2D eigenvalue weighted by atomic mass is 9.97. The number of ether oxygens (including phenoxy) is 1. The van der Waals surface area contributed by atoms with Gasteiger partial charge in [-0.15, -0.1) is 11.3 Å². The molecular formula is C26H27N3O3S. The smallest absolute Gasteiger partial charge is 0.331 e. The zero-order valence-electron chi connectivity index (χ0n) is 18.4. The lowest BCUT2D eigenvalue weighted by Gasteiger charge is -2.12. The maximum atomic E-state index is 12.2. The second kappa shape index (κ2) is 11.4. The molecular weight excluding hydrogens is 434 g/mol. The largest absolute Gasteiger partial charge is 0.452 e. The van der Waals surface area contributed by atoms with Crippen molar-refractivity contribution in [3.8, 4) is 16.3 Å². The Labute approximate surface area is 197 Å². The molecule has 1 N–H and O–H groups in total. The summed E-state index contributed by atoms with van der Waals surface area (Å²) in [5.74, 6) is -0.853. The molecule has 1 aromatic carbocycles. The van der Waals surface area contributed by atoms with E-state index in [0.717, 1.165) is 41.1 Å². The third-order valence-electron chi connectivity index (χ3n) is 5.42. The van der Waals surface area contributed by atoms with Crippen LogP contribution in [-0.2, 0) is 14.3 Å². The van der Waals surface area contributed by atoms with E-state index in [1.165, 1.54) is 24.5 Å². The third kappa shape index (κ3) is 6.52. The number of thiophene rings is 1. The highest BCUT2D eigenvalue weighted by atomic mass is 32.1. The molecule has 1 aliphatic rings. The van der Waals surface area contributed by atoms with Crippen molar-refractivity contribution < 1.29 is 14.3 Å². The van der Waals surface area contributed by atoms with E-state index < -0.39 is 5.97 Å². The lowest BCUT2D eigenvalue weighted by Crippen LogP contribution is -2.29. The molecule has 0 unspecified atom stereocenters. The molecule has 0 saturated carbocycles. The van der Waals surface area contributed by atoms with Crippen LogP contribution in [0.2, 0.25) is 0 Å². The number of hydrogen-bond acceptors (Lipinski definition) is 5. The molecule has 2 aromatic heterocycles. The van der Waals surface area contributed by atoms with Crippen molar-refractivity contribution in [3.63, 3.8) is 0 Å². The van der Waals surface area contributed by atoms with Crippen LogP contribution in [0, 0.1) is 0 Å². The van der Waals surface area contributed by atoms with Gasteiger partial charge in [-0.1, -0.05) is 35.9 Å². The first-order chi connectivity index (χ1) is 16.2. The molecule has 0 fully saturated rings. The summed E-state index contributed by atoms with van der Waals surface area (Å²) in [6, 6.07) is 13.7. The number of carbonyl (C=O) groups is 2. The highest BCUT2D eigenvalue weighted by molar-refractivity contribution is 7.13. The minimum atomic E-state index is -0.565. The highest BCUT2D eigenvalue weighted by Gasteiger charge is 2.12. The molecule has 0 atom stereocenters. The van der Waals surface area contributed by atoms with Crippen molar-refractivity contribution >= 4 is 29.3 Å². The maximum absolute atomic E-state index is 12.2. The Morgan fingerprint density at radius 2 is 2.03 bits per heavy atom. The zero-order chi connectivity index (χ0) is 22.9. The SMILES string of the molecule is O=C(COC(=O)C=Cc1cn(-c2ccccc2)nc1-c1cccs1)NCCC1=CCCCC1. The van der Waals surface area contributed by atoms with Gasteiger partial charge in [-0.05, 0) is 61.8 Å². The Bertz CT molecular complexity index is 1130. The van der Waals surface area contributed by atoms with Gasteiger partial charge in [-0.2, -0.15) is 5.10 Å². The minimum absolute atomic E-state index is 0.288. The first kappa shape index (κ1) is 22.7. The van der Waals surface area contributed by atoms with Crippen LogP contribution in [0.1, 0.15) is 37.7 Å². The third-order valence-corrected chi connectivity index (χ3v) is 6.29. The van der Waals surface area contributed by atoms with E-state index in [2.05, 4.69) is 11.4 Å². The van der Waals surface area contributed by atoms with Crippen LogP contribution in [-0.4, -0.2) is 34.8 Å². The summed E-state index contributed by atoms with van der Waals surface area (Å²) in [6.07, 6.45) is 12.7. The van der Waals surface area contributed by atoms with Crippen molar-refractivity contribution in [2.45, 2.75) is 32.1 Å². The molecule has 0 aliphatic heterocycles. The van der Waals surface area contributed by atoms with E-state index in [9.17, 15) is 9.59 Å². The first-order valence-corrected chi connectivity index (χ1v) is 12.1. The van der Waals surface area contributed by atoms with Gasteiger partial charge in [0, 0.05) is 24.4 Å². The van der Waals surface area contributed by atoms with Gasteiger partial charge in [0.15, 0.2) is 6.61 Å². The van der Waals surface area contributed by atoms with Crippen LogP contribution in [0.3, 0.4) is 0 Å². The molecule has 7 heteroatoms. The van der Waals surface area contributed by atoms with Crippen LogP contribution in [0.5, 0.6) is 0 Å². The fourth-order valence-corrected chi connectivity index (χ4v) is 4.45. The van der Waals surface area contributed by atoms with E-state index in [1.807, 2.05) is 54.0 Å². The maximum Gasteiger partial charge on any atom is 0.331 e. The van der Waals surface area contributed by atoms with Crippen molar-refractivity contribution in [1.82, 2.24) is 15.1 Å². The van der Waals surface area contributed by atoms with E-state index >= 15 is 0 Å². The monoisotopic (exact) mass is 461 g/mol. The summed E-state index contributed by atoms with van der Waals surface area (Å²) in [5, 5.41) is 9.51. The molecule has 0 bridgehead atoms. The van der Waals surface area contributed by atoms with Crippen LogP contribution in [0.25, 0.3) is 22.3 Å². The summed E-state index contributed by atoms with van der Waals surface area (Å²) in [5.41, 5.74) is 3.91. The molecule has 1 aliphatic carbocycles. The number of hydrogen-bond donors (Lipinski definition) is 1. The number of nitrogens with one attached hydrogen (secondary N) is 1. The molecule has 170 valence electrons. The predicted octanol–water partition coefficient (Wildman–Crippen LogP) is 5.16. The quantitative estimate of drug-likeness (QED) is 0.271. The van der Waals surface area contributed by atoms with E-state index in [0.29, 0.717) is 6.54 Å². The number of aromatic nitrogens is 2. The Kier molecular flexibility index (Phi) is 7.87. The lowest BCUT2D eigenvalue weighted by molar-refractivity contribution is -0.143. The van der Waals surface area contributed by atoms with Gasteiger partial charge in [-0.25, -0.2) is 9.48 Å². The summed E-state index contributed by atoms with van der Waals surface area (Å²) < 4.78 is 6.90. The number of benzene rings is 1. The second-order valence-corrected chi connectivity index (χ2v) is 8.79. The molecule has 0 radical (unpaired) electrons. The standard InChI is InChI=1S/C26H27N3O3S/c30-24(27-16-15-20-8-3-1-4-9-20)19-32-25(31)14-13-21-18-29(22-10-5-2-6-11-22)28-26(21)23-12-7-17-33-23/h2,5-8,10-14,17-18H,1,3-4,9,15-16,19H2,(H,27,30). The molecule has 6 nitrogen and oxygen atoms in total. The second-order valence-electron chi connectivity index (χ2n) is 7.84. The van der Waals surface area contributed by atoms with Gasteiger partial charge < -0.3 is 10.1 Å². The highest BCUT2D eigenvalue weighted by Crippen LogP contribution is 2.28. The fraction of sp³-hybridized carbons (Fsp3) is 0.269. The van der Waals surface area contributed by atoms with E-state index in [-0.39, 0.29) is 12.5 Å². The Hall–Kier alpha value is -3.45. The average molecular weight is 462 g/mol. The normalized spacial score (nSPS) is 13.6. The van der Waals surface area contributed by atoms with Gasteiger partial charge in [0.1, 0.15) is 5.69 Å². The molecule has 0 saturated heterocycles. The van der Waals surface area contributed by atoms with Crippen molar-refractivity contribution in [3.05, 3.63) is 77.3 Å². The van der Waals surface area contributed by atoms with Gasteiger partial charge in [0.2, 0.25) is 0 Å². The van der Waals surface area contributed by atoms with Gasteiger partial charge in [0.25, 0.3) is 5.91 Å². The average Bonchev–Trinajstić information content (AvgIpc) is 3.53. The van der Waals surface area contributed by atoms with Crippen molar-refractivity contribution in [2.24, 2.45) is 0 Å². The van der Waals surface area contributed by atoms with Gasteiger partial charge in [0.05, 0.1) is 10.6 Å². The van der Waals surface area contributed by atoms with E-state index in [4.69, 9.17) is 9.84 Å². The topological polar surface area (TPSA) is 73.2 Å². The predicted molar refractivity (Wildman–Crippen MR) is 131 cm³/mol. The number of esters is 1.